The smallest absolute Gasteiger partial charge is 0.360 e. The topological polar surface area (TPSA) is 106 Å². The Labute approximate surface area is 202 Å². The van der Waals surface area contributed by atoms with E-state index in [1.54, 1.807) is 0 Å². The van der Waals surface area contributed by atoms with Crippen molar-refractivity contribution in [3.8, 4) is 11.1 Å². The summed E-state index contributed by atoms with van der Waals surface area (Å²) >= 11 is 0. The number of nitrogens with one attached hydrogen (secondary N) is 2. The molecule has 1 aliphatic heterocycles. The Bertz CT molecular complexity index is 1380. The molecule has 0 bridgehead atoms. The highest BCUT2D eigenvalue weighted by molar-refractivity contribution is 6.05. The SMILES string of the molecule is CNc1c(N2CCOCC2)ccc(Nc2nccnc2C(=O)OC)c1-c1cccc2c1ncn2C. The van der Waals surface area contributed by atoms with E-state index in [0.29, 0.717) is 19.0 Å². The minimum Gasteiger partial charge on any atom is -0.464 e. The first kappa shape index (κ1) is 22.6. The molecule has 0 amide bonds. The van der Waals surface area contributed by atoms with Crippen molar-refractivity contribution < 1.29 is 14.3 Å². The molecular formula is C25H27N7O3. The number of anilines is 4. The highest BCUT2D eigenvalue weighted by Gasteiger charge is 2.24. The van der Waals surface area contributed by atoms with Gasteiger partial charge in [0.15, 0.2) is 11.5 Å². The lowest BCUT2D eigenvalue weighted by molar-refractivity contribution is 0.0595. The van der Waals surface area contributed by atoms with Gasteiger partial charge in [0.05, 0.1) is 49.1 Å². The van der Waals surface area contributed by atoms with Gasteiger partial charge in [0, 0.05) is 56.4 Å². The first-order valence-corrected chi connectivity index (χ1v) is 11.4. The fourth-order valence-electron chi connectivity index (χ4n) is 4.46. The summed E-state index contributed by atoms with van der Waals surface area (Å²) < 4.78 is 12.5. The monoisotopic (exact) mass is 473 g/mol. The van der Waals surface area contributed by atoms with E-state index in [4.69, 9.17) is 14.5 Å². The molecule has 2 aromatic heterocycles. The van der Waals surface area contributed by atoms with E-state index >= 15 is 0 Å². The number of fused-ring (bicyclic) bond motifs is 1. The molecule has 2 N–H and O–H groups in total. The molecule has 1 fully saturated rings. The maximum absolute atomic E-state index is 12.3. The van der Waals surface area contributed by atoms with Crippen molar-refractivity contribution in [1.82, 2.24) is 19.5 Å². The van der Waals surface area contributed by atoms with Gasteiger partial charge in [-0.2, -0.15) is 0 Å². The quantitative estimate of drug-likeness (QED) is 0.407. The van der Waals surface area contributed by atoms with Crippen LogP contribution >= 0.6 is 0 Å². The molecule has 10 heteroatoms. The number of rotatable bonds is 6. The van der Waals surface area contributed by atoms with Gasteiger partial charge in [-0.15, -0.1) is 0 Å². The molecule has 4 aromatic rings. The van der Waals surface area contributed by atoms with Gasteiger partial charge < -0.3 is 29.6 Å². The van der Waals surface area contributed by atoms with Crippen LogP contribution in [0.2, 0.25) is 0 Å². The summed E-state index contributed by atoms with van der Waals surface area (Å²) in [6.07, 6.45) is 4.81. The largest absolute Gasteiger partial charge is 0.464 e. The zero-order valence-corrected chi connectivity index (χ0v) is 19.9. The fourth-order valence-corrected chi connectivity index (χ4v) is 4.46. The Morgan fingerprint density at radius 3 is 2.66 bits per heavy atom. The number of aryl methyl sites for hydroxylation is 1. The standard InChI is InChI=1S/C25H27N7O3/c1-26-22-19(32-11-13-35-14-12-32)8-7-17(30-24-23(25(33)34-3)27-9-10-28-24)20(22)16-5-4-6-18-21(16)29-15-31(18)2/h4-10,15,26H,11-14H2,1-3H3,(H,28,30). The summed E-state index contributed by atoms with van der Waals surface area (Å²) in [4.78, 5) is 27.9. The van der Waals surface area contributed by atoms with Crippen LogP contribution in [0.15, 0.2) is 49.1 Å². The lowest BCUT2D eigenvalue weighted by atomic mass is 9.97. The van der Waals surface area contributed by atoms with Crippen LogP contribution in [0.1, 0.15) is 10.5 Å². The second-order valence-corrected chi connectivity index (χ2v) is 8.13. The van der Waals surface area contributed by atoms with Crippen LogP contribution < -0.4 is 15.5 Å². The summed E-state index contributed by atoms with van der Waals surface area (Å²) in [7, 11) is 5.21. The number of ether oxygens (including phenoxy) is 2. The molecule has 2 aromatic carbocycles. The van der Waals surface area contributed by atoms with Crippen molar-refractivity contribution >= 4 is 39.9 Å². The molecule has 35 heavy (non-hydrogen) atoms. The normalized spacial score (nSPS) is 13.6. The van der Waals surface area contributed by atoms with Crippen molar-refractivity contribution in [3.05, 3.63) is 54.7 Å². The molecule has 1 saturated heterocycles. The maximum atomic E-state index is 12.3. The summed E-state index contributed by atoms with van der Waals surface area (Å²) in [5, 5.41) is 6.76. The summed E-state index contributed by atoms with van der Waals surface area (Å²) in [6.45, 7) is 2.95. The molecule has 0 spiro atoms. The molecule has 5 rings (SSSR count). The molecule has 1 aliphatic rings. The molecule has 0 radical (unpaired) electrons. The molecule has 0 saturated carbocycles. The van der Waals surface area contributed by atoms with Crippen molar-refractivity contribution in [2.24, 2.45) is 7.05 Å². The van der Waals surface area contributed by atoms with Gasteiger partial charge in [0.25, 0.3) is 0 Å². The zero-order chi connectivity index (χ0) is 24.4. The number of benzene rings is 2. The van der Waals surface area contributed by atoms with Crippen molar-refractivity contribution in [1.29, 1.82) is 0 Å². The van der Waals surface area contributed by atoms with Crippen LogP contribution in [-0.2, 0) is 16.5 Å². The molecule has 0 unspecified atom stereocenters. The number of hydrogen-bond donors (Lipinski definition) is 2. The van der Waals surface area contributed by atoms with Crippen molar-refractivity contribution in [3.63, 3.8) is 0 Å². The predicted octanol–water partition coefficient (Wildman–Crippen LogP) is 3.44. The van der Waals surface area contributed by atoms with Crippen molar-refractivity contribution in [2.45, 2.75) is 0 Å². The summed E-state index contributed by atoms with van der Waals surface area (Å²) in [5.41, 5.74) is 6.64. The van der Waals surface area contributed by atoms with E-state index < -0.39 is 5.97 Å². The number of carbonyl (C=O) groups excluding carboxylic acids is 1. The van der Waals surface area contributed by atoms with E-state index in [1.807, 2.05) is 43.2 Å². The third kappa shape index (κ3) is 4.12. The number of para-hydroxylation sites is 1. The van der Waals surface area contributed by atoms with Crippen molar-refractivity contribution in [2.75, 3.05) is 56.0 Å². The number of nitrogens with zero attached hydrogens (tertiary/aromatic N) is 5. The Hall–Kier alpha value is -4.18. The fraction of sp³-hybridized carbons (Fsp3) is 0.280. The lowest BCUT2D eigenvalue weighted by Crippen LogP contribution is -2.36. The van der Waals surface area contributed by atoms with Gasteiger partial charge in [-0.25, -0.2) is 19.7 Å². The average molecular weight is 474 g/mol. The Morgan fingerprint density at radius 1 is 1.09 bits per heavy atom. The highest BCUT2D eigenvalue weighted by atomic mass is 16.5. The van der Waals surface area contributed by atoms with Gasteiger partial charge >= 0.3 is 5.97 Å². The maximum Gasteiger partial charge on any atom is 0.360 e. The molecule has 0 aliphatic carbocycles. The van der Waals surface area contributed by atoms with Gasteiger partial charge in [-0.05, 0) is 18.2 Å². The number of methoxy groups -OCH3 is 1. The summed E-state index contributed by atoms with van der Waals surface area (Å²) in [5.74, 6) is -0.247. The second kappa shape index (κ2) is 9.59. The van der Waals surface area contributed by atoms with Crippen LogP contribution in [-0.4, -0.2) is 65.9 Å². The van der Waals surface area contributed by atoms with E-state index in [-0.39, 0.29) is 5.69 Å². The Morgan fingerprint density at radius 2 is 1.89 bits per heavy atom. The van der Waals surface area contributed by atoms with Gasteiger partial charge in [0.1, 0.15) is 0 Å². The number of aromatic nitrogens is 4. The lowest BCUT2D eigenvalue weighted by Gasteiger charge is -2.32. The van der Waals surface area contributed by atoms with E-state index in [2.05, 4.69) is 37.6 Å². The predicted molar refractivity (Wildman–Crippen MR) is 135 cm³/mol. The Balaban J connectivity index is 1.73. The molecule has 0 atom stereocenters. The molecule has 3 heterocycles. The van der Waals surface area contributed by atoms with Gasteiger partial charge in [0.2, 0.25) is 0 Å². The van der Waals surface area contributed by atoms with Crippen LogP contribution in [0.25, 0.3) is 22.2 Å². The van der Waals surface area contributed by atoms with Crippen LogP contribution in [0.5, 0.6) is 0 Å². The van der Waals surface area contributed by atoms with Gasteiger partial charge in [-0.3, -0.25) is 0 Å². The van der Waals surface area contributed by atoms with Gasteiger partial charge in [-0.1, -0.05) is 12.1 Å². The van der Waals surface area contributed by atoms with Crippen LogP contribution in [0.4, 0.5) is 22.9 Å². The molecule has 10 nitrogen and oxygen atoms in total. The van der Waals surface area contributed by atoms with Crippen LogP contribution in [0.3, 0.4) is 0 Å². The molecule has 180 valence electrons. The number of morpholine rings is 1. The minimum atomic E-state index is -0.562. The second-order valence-electron chi connectivity index (χ2n) is 8.13. The summed E-state index contributed by atoms with van der Waals surface area (Å²) in [6, 6.07) is 10.2. The van der Waals surface area contributed by atoms with E-state index in [1.165, 1.54) is 19.5 Å². The average Bonchev–Trinajstić information content (AvgIpc) is 3.29. The minimum absolute atomic E-state index is 0.111. The Kier molecular flexibility index (Phi) is 6.19. The molecular weight excluding hydrogens is 446 g/mol. The zero-order valence-electron chi connectivity index (χ0n) is 19.9. The number of esters is 1. The third-order valence-electron chi connectivity index (χ3n) is 6.14. The first-order valence-electron chi connectivity index (χ1n) is 11.4. The first-order chi connectivity index (χ1) is 17.1. The third-order valence-corrected chi connectivity index (χ3v) is 6.14. The highest BCUT2D eigenvalue weighted by Crippen LogP contribution is 2.44. The van der Waals surface area contributed by atoms with E-state index in [0.717, 1.165) is 52.3 Å². The number of carbonyl (C=O) groups is 1. The number of hydrogen-bond acceptors (Lipinski definition) is 9. The number of imidazole rings is 1. The van der Waals surface area contributed by atoms with Crippen LogP contribution in [0, 0.1) is 0 Å². The van der Waals surface area contributed by atoms with E-state index in [9.17, 15) is 4.79 Å².